The van der Waals surface area contributed by atoms with Crippen LogP contribution in [0.1, 0.15) is 39.2 Å². The van der Waals surface area contributed by atoms with Crippen molar-refractivity contribution >= 4 is 27.5 Å². The van der Waals surface area contributed by atoms with E-state index in [2.05, 4.69) is 15.7 Å². The number of aromatic nitrogens is 2. The van der Waals surface area contributed by atoms with Crippen molar-refractivity contribution in [3.05, 3.63) is 76.5 Å². The maximum Gasteiger partial charge on any atom is 0.422 e. The Morgan fingerprint density at radius 2 is 1.95 bits per heavy atom. The van der Waals surface area contributed by atoms with Gasteiger partial charge in [-0.25, -0.2) is 13.1 Å². The Morgan fingerprint density at radius 1 is 1.20 bits per heavy atom. The molecule has 0 unspecified atom stereocenters. The molecule has 0 saturated heterocycles. The van der Waals surface area contributed by atoms with E-state index in [0.717, 1.165) is 22.9 Å². The Bertz CT molecular complexity index is 1570. The van der Waals surface area contributed by atoms with Crippen molar-refractivity contribution in [2.24, 2.45) is 0 Å². The first kappa shape index (κ1) is 27.7. The lowest BCUT2D eigenvalue weighted by molar-refractivity contribution is -0.153. The van der Waals surface area contributed by atoms with E-state index in [4.69, 9.17) is 4.74 Å². The molecule has 0 bridgehead atoms. The number of benzene rings is 2. The van der Waals surface area contributed by atoms with Crippen molar-refractivity contribution in [2.45, 2.75) is 43.9 Å². The predicted octanol–water partition coefficient (Wildman–Crippen LogP) is 3.18. The fraction of sp³-hybridized carbons (Fsp3) is 0.370. The summed E-state index contributed by atoms with van der Waals surface area (Å²) in [4.78, 5) is 26.1. The minimum atomic E-state index is -4.46. The van der Waals surface area contributed by atoms with Crippen LogP contribution >= 0.6 is 0 Å². The average Bonchev–Trinajstić information content (AvgIpc) is 3.38. The average molecular weight is 577 g/mol. The van der Waals surface area contributed by atoms with E-state index in [1.807, 2.05) is 30.3 Å². The van der Waals surface area contributed by atoms with Gasteiger partial charge < -0.3 is 15.4 Å². The van der Waals surface area contributed by atoms with Gasteiger partial charge in [0.15, 0.2) is 16.4 Å². The molecule has 3 aromatic rings. The molecule has 13 heteroatoms. The molecule has 2 aliphatic rings. The summed E-state index contributed by atoms with van der Waals surface area (Å²) >= 11 is 0. The highest BCUT2D eigenvalue weighted by atomic mass is 32.2. The Hall–Kier alpha value is -3.87. The van der Waals surface area contributed by atoms with Gasteiger partial charge in [0.25, 0.3) is 5.91 Å². The second kappa shape index (κ2) is 10.3. The molecule has 0 radical (unpaired) electrons. The molecule has 2 heterocycles. The first-order chi connectivity index (χ1) is 18.8. The number of rotatable bonds is 8. The van der Waals surface area contributed by atoms with Gasteiger partial charge >= 0.3 is 6.18 Å². The van der Waals surface area contributed by atoms with E-state index in [-0.39, 0.29) is 23.6 Å². The van der Waals surface area contributed by atoms with Crippen LogP contribution in [-0.4, -0.2) is 54.8 Å². The van der Waals surface area contributed by atoms with Crippen LogP contribution in [0.5, 0.6) is 5.75 Å². The second-order valence-corrected chi connectivity index (χ2v) is 12.3. The van der Waals surface area contributed by atoms with E-state index in [1.54, 1.807) is 12.1 Å². The molecule has 0 fully saturated rings. The van der Waals surface area contributed by atoms with Gasteiger partial charge in [0, 0.05) is 19.2 Å². The smallest absolute Gasteiger partial charge is 0.422 e. The molecule has 40 heavy (non-hydrogen) atoms. The van der Waals surface area contributed by atoms with E-state index >= 15 is 0 Å². The number of sulfone groups is 1. The molecule has 2 N–H and O–H groups in total. The van der Waals surface area contributed by atoms with Gasteiger partial charge in [0.1, 0.15) is 22.9 Å². The lowest BCUT2D eigenvalue weighted by atomic mass is 9.82. The van der Waals surface area contributed by atoms with Gasteiger partial charge in [0.2, 0.25) is 5.91 Å². The zero-order valence-electron chi connectivity index (χ0n) is 21.5. The number of ether oxygens (including phenoxy) is 1. The number of anilines is 1. The summed E-state index contributed by atoms with van der Waals surface area (Å²) in [7, 11) is -3.61. The fourth-order valence-corrected chi connectivity index (χ4v) is 5.90. The largest absolute Gasteiger partial charge is 0.484 e. The highest BCUT2D eigenvalue weighted by molar-refractivity contribution is 7.91. The maximum absolute atomic E-state index is 13.5. The summed E-state index contributed by atoms with van der Waals surface area (Å²) < 4.78 is 67.6. The molecule has 5 rings (SSSR count). The van der Waals surface area contributed by atoms with Crippen molar-refractivity contribution in [1.82, 2.24) is 15.1 Å². The molecule has 212 valence electrons. The number of alkyl halides is 3. The Labute approximate surface area is 228 Å². The normalized spacial score (nSPS) is 18.2. The summed E-state index contributed by atoms with van der Waals surface area (Å²) in [6, 6.07) is 14.2. The zero-order chi connectivity index (χ0) is 28.7. The number of fused-ring (bicyclic) bond motifs is 3. The van der Waals surface area contributed by atoms with Crippen LogP contribution in [0.25, 0.3) is 0 Å². The van der Waals surface area contributed by atoms with Crippen LogP contribution in [0.4, 0.5) is 19.0 Å². The highest BCUT2D eigenvalue weighted by Gasteiger charge is 2.46. The fourth-order valence-electron chi connectivity index (χ4n) is 5.35. The van der Waals surface area contributed by atoms with Gasteiger partial charge in [-0.15, -0.1) is 0 Å². The molecule has 1 aliphatic carbocycles. The number of carbonyl (C=O) groups excluding carboxylic acids is 2. The third kappa shape index (κ3) is 5.98. The summed E-state index contributed by atoms with van der Waals surface area (Å²) in [5.74, 6) is -1.79. The SMILES string of the molecule is CS(=O)(=O)CC(=O)Nc1c2c(nn1CCc1ccccc1)C[C@]1(CCc3cc(OCC(F)(F)F)ccc31)NC2=O. The number of hydrogen-bond donors (Lipinski definition) is 2. The first-order valence-electron chi connectivity index (χ1n) is 12.6. The first-order valence-corrected chi connectivity index (χ1v) is 14.6. The Kier molecular flexibility index (Phi) is 7.11. The van der Waals surface area contributed by atoms with Crippen LogP contribution in [0, 0.1) is 0 Å². The molecule has 1 aromatic heterocycles. The van der Waals surface area contributed by atoms with Gasteiger partial charge in [-0.05, 0) is 48.1 Å². The molecule has 0 saturated carbocycles. The van der Waals surface area contributed by atoms with Crippen molar-refractivity contribution < 1.29 is 35.9 Å². The Morgan fingerprint density at radius 3 is 2.65 bits per heavy atom. The molecule has 1 aliphatic heterocycles. The maximum atomic E-state index is 13.5. The summed E-state index contributed by atoms with van der Waals surface area (Å²) in [5, 5.41) is 10.3. The van der Waals surface area contributed by atoms with E-state index < -0.39 is 45.7 Å². The summed E-state index contributed by atoms with van der Waals surface area (Å²) in [5.41, 5.74) is 2.34. The molecule has 2 amide bonds. The van der Waals surface area contributed by atoms with E-state index in [0.29, 0.717) is 31.5 Å². The number of nitrogens with zero attached hydrogens (tertiary/aromatic N) is 2. The summed E-state index contributed by atoms with van der Waals surface area (Å²) in [6.07, 6.45) is -1.66. The number of amides is 2. The van der Waals surface area contributed by atoms with E-state index in [9.17, 15) is 31.2 Å². The zero-order valence-corrected chi connectivity index (χ0v) is 22.4. The van der Waals surface area contributed by atoms with E-state index in [1.165, 1.54) is 10.7 Å². The Balaban J connectivity index is 1.45. The highest BCUT2D eigenvalue weighted by Crippen LogP contribution is 2.44. The van der Waals surface area contributed by atoms with Gasteiger partial charge in [0.05, 0.1) is 11.2 Å². The van der Waals surface area contributed by atoms with Crippen LogP contribution in [0.2, 0.25) is 0 Å². The lowest BCUT2D eigenvalue weighted by Crippen LogP contribution is -2.49. The van der Waals surface area contributed by atoms with Crippen molar-refractivity contribution in [3.63, 3.8) is 0 Å². The third-order valence-corrected chi connectivity index (χ3v) is 7.78. The monoisotopic (exact) mass is 576 g/mol. The molecular formula is C27H27F3N4O5S. The van der Waals surface area contributed by atoms with Crippen LogP contribution in [-0.2, 0) is 46.0 Å². The number of carbonyl (C=O) groups is 2. The van der Waals surface area contributed by atoms with Crippen LogP contribution in [0.3, 0.4) is 0 Å². The molecule has 9 nitrogen and oxygen atoms in total. The molecule has 1 spiro atoms. The number of hydrogen-bond acceptors (Lipinski definition) is 6. The van der Waals surface area contributed by atoms with Crippen LogP contribution in [0.15, 0.2) is 48.5 Å². The second-order valence-electron chi connectivity index (χ2n) is 10.2. The van der Waals surface area contributed by atoms with Crippen molar-refractivity contribution in [2.75, 3.05) is 23.9 Å². The van der Waals surface area contributed by atoms with Gasteiger partial charge in [-0.1, -0.05) is 36.4 Å². The minimum absolute atomic E-state index is 0.0945. The topological polar surface area (TPSA) is 119 Å². The van der Waals surface area contributed by atoms with Gasteiger partial charge in [-0.2, -0.15) is 18.3 Å². The molecule has 2 aromatic carbocycles. The number of nitrogens with one attached hydrogen (secondary N) is 2. The quantitative estimate of drug-likeness (QED) is 0.425. The van der Waals surface area contributed by atoms with Crippen molar-refractivity contribution in [3.8, 4) is 5.75 Å². The lowest BCUT2D eigenvalue weighted by Gasteiger charge is -2.35. The van der Waals surface area contributed by atoms with Crippen molar-refractivity contribution in [1.29, 1.82) is 0 Å². The summed E-state index contributed by atoms with van der Waals surface area (Å²) in [6.45, 7) is -1.08. The molecular weight excluding hydrogens is 549 g/mol. The number of halogens is 3. The molecule has 1 atom stereocenters. The number of aryl methyl sites for hydroxylation is 3. The predicted molar refractivity (Wildman–Crippen MR) is 140 cm³/mol. The minimum Gasteiger partial charge on any atom is -0.484 e. The third-order valence-electron chi connectivity index (χ3n) is 7.00. The standard InChI is InChI=1S/C27H27F3N4O5S/c1-40(37,38)15-22(35)31-24-23-21(33-34(24)12-10-17-5-3-2-4-6-17)14-26(32-25(23)36)11-9-18-13-19(7-8-20(18)26)39-16-27(28,29)30/h2-8,13H,9-12,14-16H2,1H3,(H,31,35)(H,32,36)/t26-/m0/s1. The van der Waals surface area contributed by atoms with Gasteiger partial charge in [-0.3, -0.25) is 9.59 Å². The van der Waals surface area contributed by atoms with Crippen LogP contribution < -0.4 is 15.4 Å².